The molecule has 1 amide bonds. The molecule has 7 heteroatoms. The Morgan fingerprint density at radius 2 is 2.45 bits per heavy atom. The van der Waals surface area contributed by atoms with Crippen LogP contribution in [-0.4, -0.2) is 48.2 Å². The summed E-state index contributed by atoms with van der Waals surface area (Å²) in [7, 11) is 0. The normalized spacial score (nSPS) is 18.1. The van der Waals surface area contributed by atoms with E-state index in [0.29, 0.717) is 18.5 Å². The lowest BCUT2D eigenvalue weighted by molar-refractivity contribution is -0.117. The van der Waals surface area contributed by atoms with E-state index in [2.05, 4.69) is 27.6 Å². The summed E-state index contributed by atoms with van der Waals surface area (Å²) in [5.41, 5.74) is 0.765. The number of nitrogens with one attached hydrogen (secondary N) is 2. The molecule has 0 aliphatic carbocycles. The molecule has 0 saturated carbocycles. The zero-order chi connectivity index (χ0) is 13.7. The van der Waals surface area contributed by atoms with E-state index in [9.17, 15) is 4.79 Å². The molecule has 1 saturated heterocycles. The van der Waals surface area contributed by atoms with Gasteiger partial charge in [-0.25, -0.2) is 0 Å². The smallest absolute Gasteiger partial charge is 0.240 e. The largest absolute Gasteiger partial charge is 0.338 e. The summed E-state index contributed by atoms with van der Waals surface area (Å²) in [6.07, 6.45) is 2.15. The van der Waals surface area contributed by atoms with E-state index in [0.717, 1.165) is 38.2 Å². The van der Waals surface area contributed by atoms with Crippen LogP contribution >= 0.6 is 12.4 Å². The minimum atomic E-state index is -0.0449. The molecule has 6 nitrogen and oxygen atoms in total. The Bertz CT molecular complexity index is 418. The lowest BCUT2D eigenvalue weighted by Gasteiger charge is -2.26. The van der Waals surface area contributed by atoms with Gasteiger partial charge in [0.2, 0.25) is 11.8 Å². The van der Waals surface area contributed by atoms with Gasteiger partial charge in [0.1, 0.15) is 0 Å². The van der Waals surface area contributed by atoms with Crippen molar-refractivity contribution in [1.82, 2.24) is 15.4 Å². The van der Waals surface area contributed by atoms with Gasteiger partial charge in [0.15, 0.2) is 0 Å². The number of carbonyl (C=O) groups is 1. The minimum absolute atomic E-state index is 0. The van der Waals surface area contributed by atoms with Crippen molar-refractivity contribution < 1.29 is 9.32 Å². The lowest BCUT2D eigenvalue weighted by Crippen LogP contribution is -2.42. The van der Waals surface area contributed by atoms with Crippen molar-refractivity contribution >= 4 is 24.2 Å². The molecule has 2 heterocycles. The first-order valence-corrected chi connectivity index (χ1v) is 6.87. The summed E-state index contributed by atoms with van der Waals surface area (Å²) in [6, 6.07) is 2.18. The predicted molar refractivity (Wildman–Crippen MR) is 80.3 cm³/mol. The van der Waals surface area contributed by atoms with Crippen LogP contribution in [0.5, 0.6) is 0 Å². The SMILES string of the molecule is CCCN(CC(=O)Nc1cc(C)no1)C1CCNC1.Cl. The molecule has 0 radical (unpaired) electrons. The number of halogens is 1. The Balaban J connectivity index is 0.00000200. The minimum Gasteiger partial charge on any atom is -0.338 e. The van der Waals surface area contributed by atoms with Crippen LogP contribution < -0.4 is 10.6 Å². The first kappa shape index (κ1) is 16.9. The van der Waals surface area contributed by atoms with Gasteiger partial charge in [-0.2, -0.15) is 0 Å². The summed E-state index contributed by atoms with van der Waals surface area (Å²) in [4.78, 5) is 14.2. The van der Waals surface area contributed by atoms with E-state index in [-0.39, 0.29) is 18.3 Å². The molecule has 1 aromatic heterocycles. The average molecular weight is 303 g/mol. The highest BCUT2D eigenvalue weighted by Gasteiger charge is 2.23. The molecule has 1 aliphatic heterocycles. The Kier molecular flexibility index (Phi) is 6.98. The number of rotatable bonds is 6. The van der Waals surface area contributed by atoms with Gasteiger partial charge in [0.05, 0.1) is 12.2 Å². The molecule has 1 aliphatic rings. The lowest BCUT2D eigenvalue weighted by atomic mass is 10.2. The summed E-state index contributed by atoms with van der Waals surface area (Å²) < 4.78 is 4.99. The van der Waals surface area contributed by atoms with Crippen LogP contribution in [0.2, 0.25) is 0 Å². The maximum Gasteiger partial charge on any atom is 0.240 e. The zero-order valence-electron chi connectivity index (χ0n) is 12.0. The van der Waals surface area contributed by atoms with Gasteiger partial charge < -0.3 is 9.84 Å². The van der Waals surface area contributed by atoms with E-state index < -0.39 is 0 Å². The van der Waals surface area contributed by atoms with Crippen molar-refractivity contribution in [3.63, 3.8) is 0 Å². The molecule has 20 heavy (non-hydrogen) atoms. The van der Waals surface area contributed by atoms with Crippen LogP contribution in [0.25, 0.3) is 0 Å². The average Bonchev–Trinajstić information content (AvgIpc) is 3.00. The first-order chi connectivity index (χ1) is 9.19. The third-order valence-corrected chi connectivity index (χ3v) is 3.30. The highest BCUT2D eigenvalue weighted by Crippen LogP contribution is 2.11. The van der Waals surface area contributed by atoms with Crippen molar-refractivity contribution in [2.45, 2.75) is 32.7 Å². The van der Waals surface area contributed by atoms with E-state index in [4.69, 9.17) is 4.52 Å². The fourth-order valence-corrected chi connectivity index (χ4v) is 2.41. The Morgan fingerprint density at radius 3 is 3.00 bits per heavy atom. The summed E-state index contributed by atoms with van der Waals surface area (Å²) in [5.74, 6) is 0.375. The monoisotopic (exact) mass is 302 g/mol. The van der Waals surface area contributed by atoms with Crippen LogP contribution in [0.3, 0.4) is 0 Å². The second-order valence-electron chi connectivity index (χ2n) is 5.00. The molecule has 1 fully saturated rings. The summed E-state index contributed by atoms with van der Waals surface area (Å²) >= 11 is 0. The summed E-state index contributed by atoms with van der Waals surface area (Å²) in [6.45, 7) is 7.30. The van der Waals surface area contributed by atoms with E-state index in [1.807, 2.05) is 6.92 Å². The number of aromatic nitrogens is 1. The highest BCUT2D eigenvalue weighted by atomic mass is 35.5. The summed E-state index contributed by atoms with van der Waals surface area (Å²) in [5, 5.41) is 9.83. The number of amides is 1. The van der Waals surface area contributed by atoms with E-state index in [1.165, 1.54) is 0 Å². The van der Waals surface area contributed by atoms with Crippen molar-refractivity contribution in [2.75, 3.05) is 31.5 Å². The molecular formula is C13H23ClN4O2. The maximum absolute atomic E-state index is 12.0. The quantitative estimate of drug-likeness (QED) is 0.831. The molecule has 1 atom stereocenters. The van der Waals surface area contributed by atoms with Gasteiger partial charge in [0.25, 0.3) is 0 Å². The second-order valence-corrected chi connectivity index (χ2v) is 5.00. The second kappa shape index (κ2) is 8.24. The Morgan fingerprint density at radius 1 is 1.65 bits per heavy atom. The predicted octanol–water partition coefficient (Wildman–Crippen LogP) is 1.42. The molecule has 0 spiro atoms. The number of anilines is 1. The van der Waals surface area contributed by atoms with Crippen molar-refractivity contribution in [2.24, 2.45) is 0 Å². The topological polar surface area (TPSA) is 70.4 Å². The van der Waals surface area contributed by atoms with Crippen LogP contribution in [0, 0.1) is 6.92 Å². The highest BCUT2D eigenvalue weighted by molar-refractivity contribution is 5.91. The maximum atomic E-state index is 12.0. The molecule has 0 bridgehead atoms. The molecule has 0 aromatic carbocycles. The fraction of sp³-hybridized carbons (Fsp3) is 0.692. The van der Waals surface area contributed by atoms with Crippen molar-refractivity contribution in [1.29, 1.82) is 0 Å². The number of hydrogen-bond acceptors (Lipinski definition) is 5. The van der Waals surface area contributed by atoms with Crippen LogP contribution in [0.15, 0.2) is 10.6 Å². The number of carbonyl (C=O) groups excluding carboxylic acids is 1. The molecule has 2 rings (SSSR count). The van der Waals surface area contributed by atoms with E-state index >= 15 is 0 Å². The molecular weight excluding hydrogens is 280 g/mol. The van der Waals surface area contributed by atoms with Crippen molar-refractivity contribution in [3.05, 3.63) is 11.8 Å². The van der Waals surface area contributed by atoms with Gasteiger partial charge in [0, 0.05) is 18.7 Å². The van der Waals surface area contributed by atoms with Crippen molar-refractivity contribution in [3.8, 4) is 0 Å². The van der Waals surface area contributed by atoms with Gasteiger partial charge in [-0.15, -0.1) is 12.4 Å². The molecule has 1 aromatic rings. The Hall–Kier alpha value is -1.11. The van der Waals surface area contributed by atoms with Gasteiger partial charge in [-0.3, -0.25) is 15.0 Å². The first-order valence-electron chi connectivity index (χ1n) is 6.87. The van der Waals surface area contributed by atoms with Gasteiger partial charge >= 0.3 is 0 Å². The number of aryl methyl sites for hydroxylation is 1. The van der Waals surface area contributed by atoms with Crippen LogP contribution in [0.1, 0.15) is 25.5 Å². The van der Waals surface area contributed by atoms with E-state index in [1.54, 1.807) is 6.07 Å². The van der Waals surface area contributed by atoms with Gasteiger partial charge in [-0.05, 0) is 32.9 Å². The zero-order valence-corrected chi connectivity index (χ0v) is 12.8. The third-order valence-electron chi connectivity index (χ3n) is 3.30. The molecule has 1 unspecified atom stereocenters. The third kappa shape index (κ3) is 4.77. The van der Waals surface area contributed by atoms with Crippen LogP contribution in [-0.2, 0) is 4.79 Å². The standard InChI is InChI=1S/C13H22N4O2.ClH/c1-3-6-17(11-4-5-14-8-11)9-12(18)15-13-7-10(2)16-19-13;/h7,11,14H,3-6,8-9H2,1-2H3,(H,15,18);1H. The number of hydrogen-bond donors (Lipinski definition) is 2. The molecule has 114 valence electrons. The van der Waals surface area contributed by atoms with Crippen LogP contribution in [0.4, 0.5) is 5.88 Å². The Labute approximate surface area is 125 Å². The molecule has 2 N–H and O–H groups in total. The number of nitrogens with zero attached hydrogens (tertiary/aromatic N) is 2. The fourth-order valence-electron chi connectivity index (χ4n) is 2.41. The van der Waals surface area contributed by atoms with Gasteiger partial charge in [-0.1, -0.05) is 12.1 Å².